The molecule has 1 atom stereocenters. The highest BCUT2D eigenvalue weighted by Gasteiger charge is 2.32. The van der Waals surface area contributed by atoms with Gasteiger partial charge in [-0.15, -0.1) is 0 Å². The Morgan fingerprint density at radius 2 is 1.97 bits per heavy atom. The molecule has 186 valence electrons. The van der Waals surface area contributed by atoms with Gasteiger partial charge in [-0.2, -0.15) is 15.1 Å². The van der Waals surface area contributed by atoms with E-state index in [1.807, 2.05) is 12.1 Å². The van der Waals surface area contributed by atoms with Crippen LogP contribution in [0.4, 0.5) is 17.6 Å². The van der Waals surface area contributed by atoms with E-state index in [1.165, 1.54) is 12.8 Å². The Kier molecular flexibility index (Phi) is 6.16. The maximum absolute atomic E-state index is 5.86. The molecule has 0 spiro atoms. The van der Waals surface area contributed by atoms with Gasteiger partial charge in [0.1, 0.15) is 12.4 Å². The van der Waals surface area contributed by atoms with Gasteiger partial charge in [0.25, 0.3) is 0 Å². The summed E-state index contributed by atoms with van der Waals surface area (Å²) in [6.45, 7) is 1.62. The van der Waals surface area contributed by atoms with E-state index in [9.17, 15) is 0 Å². The van der Waals surface area contributed by atoms with Gasteiger partial charge in [0.2, 0.25) is 11.8 Å². The van der Waals surface area contributed by atoms with Gasteiger partial charge in [-0.05, 0) is 31.7 Å². The minimum Gasteiger partial charge on any atom is -0.475 e. The lowest BCUT2D eigenvalue weighted by molar-refractivity contribution is 0.143. The fourth-order valence-corrected chi connectivity index (χ4v) is 4.33. The molecule has 12 heteroatoms. The molecule has 2 N–H and O–H groups in total. The minimum absolute atomic E-state index is 0.0658. The van der Waals surface area contributed by atoms with Crippen LogP contribution in [0, 0.1) is 0 Å². The van der Waals surface area contributed by atoms with Crippen LogP contribution in [0.3, 0.4) is 0 Å². The Balaban J connectivity index is 1.27. The van der Waals surface area contributed by atoms with Gasteiger partial charge in [0.15, 0.2) is 23.1 Å². The molecule has 0 bridgehead atoms. The Morgan fingerprint density at radius 1 is 1.08 bits per heavy atom. The second kappa shape index (κ2) is 9.90. The van der Waals surface area contributed by atoms with Crippen molar-refractivity contribution < 1.29 is 14.0 Å². The highest BCUT2D eigenvalue weighted by atomic mass is 16.5. The van der Waals surface area contributed by atoms with Crippen LogP contribution in [0.25, 0.3) is 11.5 Å². The van der Waals surface area contributed by atoms with E-state index in [2.05, 4.69) is 35.5 Å². The third-order valence-corrected chi connectivity index (χ3v) is 6.26. The molecule has 2 fully saturated rings. The van der Waals surface area contributed by atoms with Crippen molar-refractivity contribution in [3.63, 3.8) is 0 Å². The predicted octanol–water partition coefficient (Wildman–Crippen LogP) is 3.63. The molecule has 6 rings (SSSR count). The average Bonchev–Trinajstić information content (AvgIpc) is 3.27. The molecule has 1 saturated carbocycles. The number of aromatic nitrogens is 7. The number of hydrogen-bond donors (Lipinski definition) is 2. The number of hydrogen-bond acceptors (Lipinski definition) is 11. The van der Waals surface area contributed by atoms with Crippen LogP contribution in [0.15, 0.2) is 41.2 Å². The standard InChI is InChI=1S/C24H27N9O3/c1-34-10-11-35-22-14-20(27-21-13-16(30-31-21)15-5-6-15)28-24(29-22)33-9-2-4-18(33)19-12-17(32-36-19)23-25-7-3-8-26-23/h3,7-8,12-15,18H,2,4-6,9-11H2,1H3,(H2,27,28,29,30,31)/t18-/m0/s1. The van der Waals surface area contributed by atoms with E-state index in [4.69, 9.17) is 24.0 Å². The molecule has 4 aromatic rings. The number of ether oxygens (including phenoxy) is 2. The molecule has 1 saturated heterocycles. The Morgan fingerprint density at radius 3 is 2.81 bits per heavy atom. The molecule has 36 heavy (non-hydrogen) atoms. The zero-order valence-corrected chi connectivity index (χ0v) is 19.9. The molecule has 4 aromatic heterocycles. The largest absolute Gasteiger partial charge is 0.475 e. The van der Waals surface area contributed by atoms with Gasteiger partial charge in [-0.25, -0.2) is 9.97 Å². The SMILES string of the molecule is COCCOc1cc(Nc2cc(C3CC3)[nH]n2)nc(N2CCC[C@H]2c2cc(-c3ncccn3)no2)n1. The summed E-state index contributed by atoms with van der Waals surface area (Å²) in [5.74, 6) is 4.15. The fraction of sp³-hybridized carbons (Fsp3) is 0.417. The smallest absolute Gasteiger partial charge is 0.231 e. The molecule has 0 unspecified atom stereocenters. The summed E-state index contributed by atoms with van der Waals surface area (Å²) in [5, 5.41) is 15.0. The predicted molar refractivity (Wildman–Crippen MR) is 130 cm³/mol. The summed E-state index contributed by atoms with van der Waals surface area (Å²) in [5.41, 5.74) is 1.74. The number of nitrogens with one attached hydrogen (secondary N) is 2. The highest BCUT2D eigenvalue weighted by molar-refractivity contribution is 5.56. The van der Waals surface area contributed by atoms with Crippen LogP contribution in [0.5, 0.6) is 5.88 Å². The number of anilines is 3. The summed E-state index contributed by atoms with van der Waals surface area (Å²) < 4.78 is 16.7. The number of H-pyrrole nitrogens is 1. The quantitative estimate of drug-likeness (QED) is 0.316. The molecule has 5 heterocycles. The van der Waals surface area contributed by atoms with Crippen LogP contribution in [0.1, 0.15) is 49.1 Å². The summed E-state index contributed by atoms with van der Waals surface area (Å²) >= 11 is 0. The summed E-state index contributed by atoms with van der Waals surface area (Å²) in [7, 11) is 1.64. The zero-order chi connectivity index (χ0) is 24.3. The van der Waals surface area contributed by atoms with Crippen LogP contribution in [0.2, 0.25) is 0 Å². The van der Waals surface area contributed by atoms with Gasteiger partial charge in [0.05, 0.1) is 12.6 Å². The lowest BCUT2D eigenvalue weighted by atomic mass is 10.1. The summed E-state index contributed by atoms with van der Waals surface area (Å²) in [6.07, 6.45) is 7.62. The van der Waals surface area contributed by atoms with E-state index >= 15 is 0 Å². The van der Waals surface area contributed by atoms with Crippen LogP contribution in [-0.4, -0.2) is 62.2 Å². The zero-order valence-electron chi connectivity index (χ0n) is 19.9. The van der Waals surface area contributed by atoms with Gasteiger partial charge in [-0.3, -0.25) is 5.10 Å². The van der Waals surface area contributed by atoms with Crippen molar-refractivity contribution in [3.05, 3.63) is 48.1 Å². The van der Waals surface area contributed by atoms with Crippen LogP contribution >= 0.6 is 0 Å². The molecule has 1 aliphatic heterocycles. The van der Waals surface area contributed by atoms with E-state index < -0.39 is 0 Å². The first-order valence-electron chi connectivity index (χ1n) is 12.1. The van der Waals surface area contributed by atoms with Crippen LogP contribution < -0.4 is 15.0 Å². The molecular weight excluding hydrogens is 462 g/mol. The molecule has 0 amide bonds. The molecule has 12 nitrogen and oxygen atoms in total. The summed E-state index contributed by atoms with van der Waals surface area (Å²) in [4.78, 5) is 20.1. The lowest BCUT2D eigenvalue weighted by Gasteiger charge is -2.23. The topological polar surface area (TPSA) is 140 Å². The van der Waals surface area contributed by atoms with Gasteiger partial charge in [0, 0.05) is 55.9 Å². The van der Waals surface area contributed by atoms with Gasteiger partial charge in [-0.1, -0.05) is 5.16 Å². The van der Waals surface area contributed by atoms with E-state index in [0.717, 1.165) is 30.8 Å². The Bertz CT molecular complexity index is 1310. The second-order valence-corrected chi connectivity index (χ2v) is 8.88. The molecule has 0 radical (unpaired) electrons. The van der Waals surface area contributed by atoms with E-state index in [0.29, 0.717) is 54.1 Å². The summed E-state index contributed by atoms with van der Waals surface area (Å²) in [6, 6.07) is 7.40. The van der Waals surface area contributed by atoms with Crippen molar-refractivity contribution in [1.29, 1.82) is 0 Å². The number of aromatic amines is 1. The first kappa shape index (κ1) is 22.4. The van der Waals surface area contributed by atoms with Crippen LogP contribution in [-0.2, 0) is 4.74 Å². The maximum atomic E-state index is 5.86. The van der Waals surface area contributed by atoms with Crippen molar-refractivity contribution in [2.75, 3.05) is 37.1 Å². The van der Waals surface area contributed by atoms with Gasteiger partial charge >= 0.3 is 0 Å². The minimum atomic E-state index is -0.0658. The van der Waals surface area contributed by atoms with E-state index in [-0.39, 0.29) is 6.04 Å². The fourth-order valence-electron chi connectivity index (χ4n) is 4.33. The molecular formula is C24H27N9O3. The number of rotatable bonds is 10. The molecule has 1 aliphatic carbocycles. The third kappa shape index (κ3) is 4.85. The maximum Gasteiger partial charge on any atom is 0.231 e. The normalized spacial score (nSPS) is 17.5. The van der Waals surface area contributed by atoms with Gasteiger partial charge < -0.3 is 24.2 Å². The van der Waals surface area contributed by atoms with Crippen molar-refractivity contribution in [2.24, 2.45) is 0 Å². The Hall–Kier alpha value is -4.06. The molecule has 2 aliphatic rings. The average molecular weight is 490 g/mol. The van der Waals surface area contributed by atoms with Crippen molar-refractivity contribution in [3.8, 4) is 17.4 Å². The van der Waals surface area contributed by atoms with E-state index in [1.54, 1.807) is 31.6 Å². The molecule has 0 aromatic carbocycles. The third-order valence-electron chi connectivity index (χ3n) is 6.26. The van der Waals surface area contributed by atoms with Crippen molar-refractivity contribution in [2.45, 2.75) is 37.6 Å². The number of nitrogens with zero attached hydrogens (tertiary/aromatic N) is 7. The first-order valence-corrected chi connectivity index (χ1v) is 12.1. The lowest BCUT2D eigenvalue weighted by Crippen LogP contribution is -2.25. The monoisotopic (exact) mass is 489 g/mol. The van der Waals surface area contributed by atoms with Crippen molar-refractivity contribution in [1.82, 2.24) is 35.3 Å². The number of methoxy groups -OCH3 is 1. The Labute approximate surface area is 207 Å². The van der Waals surface area contributed by atoms with Crippen molar-refractivity contribution >= 4 is 17.6 Å². The highest BCUT2D eigenvalue weighted by Crippen LogP contribution is 2.40. The second-order valence-electron chi connectivity index (χ2n) is 8.88. The first-order chi connectivity index (χ1) is 17.8.